The number of nitrogens with zero attached hydrogens (tertiary/aromatic N) is 3. The number of guanidine groups is 1. The van der Waals surface area contributed by atoms with E-state index >= 15 is 0 Å². The highest BCUT2D eigenvalue weighted by atomic mass is 16.5. The molecule has 1 aliphatic carbocycles. The molecule has 0 unspecified atom stereocenters. The summed E-state index contributed by atoms with van der Waals surface area (Å²) in [6.07, 6.45) is 5.14. The molecule has 26 heavy (non-hydrogen) atoms. The number of nitrogens with one attached hydrogen (secondary N) is 1. The van der Waals surface area contributed by atoms with Gasteiger partial charge < -0.3 is 24.3 Å². The maximum atomic E-state index is 12.3. The van der Waals surface area contributed by atoms with Crippen LogP contribution in [0.1, 0.15) is 36.7 Å². The predicted molar refractivity (Wildman–Crippen MR) is 100 cm³/mol. The third-order valence-electron chi connectivity index (χ3n) is 4.69. The van der Waals surface area contributed by atoms with Gasteiger partial charge in [0, 0.05) is 52.5 Å². The van der Waals surface area contributed by atoms with E-state index in [1.54, 1.807) is 12.1 Å². The number of hydrogen-bond donors (Lipinski definition) is 1. The number of hydrogen-bond acceptors (Lipinski definition) is 4. The summed E-state index contributed by atoms with van der Waals surface area (Å²) in [4.78, 5) is 21.1. The number of furan rings is 1. The van der Waals surface area contributed by atoms with Crippen LogP contribution in [0.3, 0.4) is 0 Å². The summed E-state index contributed by atoms with van der Waals surface area (Å²) in [5.74, 6) is 2.12. The standard InChI is InChI=1S/C19H30N4O3/c1-2-20-19(21-8-4-13-25-15-16-6-7-16)23-11-9-22(10-12-23)18(24)17-5-3-14-26-17/h3,5,14,16H,2,4,6-13,15H2,1H3,(H,20,21). The lowest BCUT2D eigenvalue weighted by atomic mass is 10.3. The first-order chi connectivity index (χ1) is 12.8. The molecule has 2 fully saturated rings. The minimum Gasteiger partial charge on any atom is -0.459 e. The maximum absolute atomic E-state index is 12.3. The molecule has 0 spiro atoms. The summed E-state index contributed by atoms with van der Waals surface area (Å²) in [5, 5.41) is 3.36. The van der Waals surface area contributed by atoms with Crippen LogP contribution in [0.5, 0.6) is 0 Å². The number of ether oxygens (including phenoxy) is 1. The van der Waals surface area contributed by atoms with Crippen molar-refractivity contribution in [1.29, 1.82) is 0 Å². The fourth-order valence-corrected chi connectivity index (χ4v) is 2.99. The largest absolute Gasteiger partial charge is 0.459 e. The molecule has 0 radical (unpaired) electrons. The van der Waals surface area contributed by atoms with Crippen molar-refractivity contribution in [2.45, 2.75) is 26.2 Å². The highest BCUT2D eigenvalue weighted by Gasteiger charge is 2.25. The van der Waals surface area contributed by atoms with Crippen molar-refractivity contribution >= 4 is 11.9 Å². The number of amides is 1. The summed E-state index contributed by atoms with van der Waals surface area (Å²) in [6.45, 7) is 8.27. The lowest BCUT2D eigenvalue weighted by Crippen LogP contribution is -2.53. The first-order valence-corrected chi connectivity index (χ1v) is 9.71. The smallest absolute Gasteiger partial charge is 0.289 e. The van der Waals surface area contributed by atoms with Crippen LogP contribution in [0.2, 0.25) is 0 Å². The molecule has 0 aromatic carbocycles. The zero-order valence-electron chi connectivity index (χ0n) is 15.7. The van der Waals surface area contributed by atoms with Gasteiger partial charge >= 0.3 is 0 Å². The summed E-state index contributed by atoms with van der Waals surface area (Å²) >= 11 is 0. The van der Waals surface area contributed by atoms with Crippen molar-refractivity contribution < 1.29 is 13.9 Å². The van der Waals surface area contributed by atoms with Crippen molar-refractivity contribution in [2.24, 2.45) is 10.9 Å². The molecule has 7 nitrogen and oxygen atoms in total. The Labute approximate surface area is 155 Å². The van der Waals surface area contributed by atoms with Gasteiger partial charge in [-0.25, -0.2) is 0 Å². The van der Waals surface area contributed by atoms with Gasteiger partial charge in [0.2, 0.25) is 0 Å². The van der Waals surface area contributed by atoms with Crippen molar-refractivity contribution in [3.63, 3.8) is 0 Å². The molecule has 144 valence electrons. The van der Waals surface area contributed by atoms with Crippen LogP contribution in [-0.2, 0) is 4.74 Å². The van der Waals surface area contributed by atoms with E-state index in [-0.39, 0.29) is 5.91 Å². The van der Waals surface area contributed by atoms with Crippen LogP contribution in [0.15, 0.2) is 27.8 Å². The van der Waals surface area contributed by atoms with Crippen LogP contribution >= 0.6 is 0 Å². The second-order valence-corrected chi connectivity index (χ2v) is 6.86. The van der Waals surface area contributed by atoms with E-state index in [0.29, 0.717) is 18.8 Å². The fourth-order valence-electron chi connectivity index (χ4n) is 2.99. The topological polar surface area (TPSA) is 70.3 Å². The molecular weight excluding hydrogens is 332 g/mol. The molecule has 1 saturated carbocycles. The Balaban J connectivity index is 1.41. The maximum Gasteiger partial charge on any atom is 0.289 e. The van der Waals surface area contributed by atoms with E-state index in [4.69, 9.17) is 14.1 Å². The van der Waals surface area contributed by atoms with Gasteiger partial charge in [0.25, 0.3) is 5.91 Å². The Bertz CT molecular complexity index is 576. The van der Waals surface area contributed by atoms with Crippen LogP contribution < -0.4 is 5.32 Å². The Morgan fingerprint density at radius 2 is 2.08 bits per heavy atom. The molecule has 0 atom stereocenters. The normalized spacial score (nSPS) is 18.3. The molecule has 1 amide bonds. The third kappa shape index (κ3) is 5.49. The van der Waals surface area contributed by atoms with Crippen LogP contribution in [0.25, 0.3) is 0 Å². The van der Waals surface area contributed by atoms with Gasteiger partial charge in [-0.05, 0) is 44.2 Å². The fraction of sp³-hybridized carbons (Fsp3) is 0.684. The molecule has 1 saturated heterocycles. The predicted octanol–water partition coefficient (Wildman–Crippen LogP) is 1.82. The van der Waals surface area contributed by atoms with Crippen molar-refractivity contribution in [3.8, 4) is 0 Å². The number of piperazine rings is 1. The number of carbonyl (C=O) groups is 1. The lowest BCUT2D eigenvalue weighted by molar-refractivity contribution is 0.0657. The summed E-state index contributed by atoms with van der Waals surface area (Å²) in [7, 11) is 0. The Hall–Kier alpha value is -2.02. The molecule has 7 heteroatoms. The van der Waals surface area contributed by atoms with E-state index in [2.05, 4.69) is 17.1 Å². The number of aliphatic imine (C=N–C) groups is 1. The summed E-state index contributed by atoms with van der Waals surface area (Å²) in [5.41, 5.74) is 0. The molecule has 1 N–H and O–H groups in total. The van der Waals surface area contributed by atoms with Crippen molar-refractivity contribution in [2.75, 3.05) is 52.5 Å². The lowest BCUT2D eigenvalue weighted by Gasteiger charge is -2.36. The Morgan fingerprint density at radius 3 is 2.73 bits per heavy atom. The first kappa shape index (κ1) is 18.8. The zero-order chi connectivity index (χ0) is 18.2. The first-order valence-electron chi connectivity index (χ1n) is 9.71. The SMILES string of the molecule is CCNC(=NCCCOCC1CC1)N1CCN(C(=O)c2ccco2)CC1. The van der Waals surface area contributed by atoms with Gasteiger partial charge in [-0.15, -0.1) is 0 Å². The van der Waals surface area contributed by atoms with Crippen LogP contribution in [0.4, 0.5) is 0 Å². The van der Waals surface area contributed by atoms with Crippen LogP contribution in [0, 0.1) is 5.92 Å². The van der Waals surface area contributed by atoms with E-state index in [9.17, 15) is 4.79 Å². The zero-order valence-corrected chi connectivity index (χ0v) is 15.7. The third-order valence-corrected chi connectivity index (χ3v) is 4.69. The quantitative estimate of drug-likeness (QED) is 0.434. The molecule has 2 heterocycles. The second kappa shape index (κ2) is 9.62. The van der Waals surface area contributed by atoms with E-state index in [1.165, 1.54) is 19.1 Å². The molecule has 3 rings (SSSR count). The summed E-state index contributed by atoms with van der Waals surface area (Å²) in [6, 6.07) is 3.46. The monoisotopic (exact) mass is 362 g/mol. The highest BCUT2D eigenvalue weighted by molar-refractivity contribution is 5.91. The number of rotatable bonds is 8. The van der Waals surface area contributed by atoms with Gasteiger partial charge in [0.1, 0.15) is 0 Å². The Morgan fingerprint density at radius 1 is 1.31 bits per heavy atom. The van der Waals surface area contributed by atoms with Gasteiger partial charge in [-0.3, -0.25) is 9.79 Å². The molecule has 2 aliphatic rings. The Kier molecular flexibility index (Phi) is 6.94. The molecule has 0 bridgehead atoms. The van der Waals surface area contributed by atoms with Crippen LogP contribution in [-0.4, -0.2) is 74.1 Å². The number of carbonyl (C=O) groups excluding carboxylic acids is 1. The van der Waals surface area contributed by atoms with Gasteiger partial charge in [-0.2, -0.15) is 0 Å². The van der Waals surface area contributed by atoms with E-state index < -0.39 is 0 Å². The van der Waals surface area contributed by atoms with Crippen molar-refractivity contribution in [1.82, 2.24) is 15.1 Å². The van der Waals surface area contributed by atoms with E-state index in [1.807, 2.05) is 4.90 Å². The molecule has 1 aromatic rings. The average Bonchev–Trinajstić information content (AvgIpc) is 3.33. The van der Waals surface area contributed by atoms with Crippen molar-refractivity contribution in [3.05, 3.63) is 24.2 Å². The van der Waals surface area contributed by atoms with Gasteiger partial charge in [-0.1, -0.05) is 0 Å². The molecule has 1 aliphatic heterocycles. The second-order valence-electron chi connectivity index (χ2n) is 6.86. The summed E-state index contributed by atoms with van der Waals surface area (Å²) < 4.78 is 10.9. The average molecular weight is 362 g/mol. The molecular formula is C19H30N4O3. The molecule has 1 aromatic heterocycles. The minimum atomic E-state index is -0.0376. The van der Waals surface area contributed by atoms with Gasteiger partial charge in [0.05, 0.1) is 6.26 Å². The minimum absolute atomic E-state index is 0.0376. The van der Waals surface area contributed by atoms with Gasteiger partial charge in [0.15, 0.2) is 11.7 Å². The highest BCUT2D eigenvalue weighted by Crippen LogP contribution is 2.28. The van der Waals surface area contributed by atoms with E-state index in [0.717, 1.165) is 57.7 Å².